The standard InChI is InChI=1S/C5H5NO3S/c7-3-1-9-5(8)4(3)6-2-10/h3-4,7H,1H2. The summed E-state index contributed by atoms with van der Waals surface area (Å²) in [5.41, 5.74) is 0. The third kappa shape index (κ3) is 1.21. The topological polar surface area (TPSA) is 58.9 Å². The van der Waals surface area contributed by atoms with Crippen molar-refractivity contribution in [1.82, 2.24) is 0 Å². The highest BCUT2D eigenvalue weighted by Gasteiger charge is 2.35. The molecule has 0 bridgehead atoms. The number of hydrogen-bond acceptors (Lipinski definition) is 5. The predicted octanol–water partition coefficient (Wildman–Crippen LogP) is -0.625. The number of ether oxygens (including phenoxy) is 1. The van der Waals surface area contributed by atoms with Crippen molar-refractivity contribution >= 4 is 23.3 Å². The summed E-state index contributed by atoms with van der Waals surface area (Å²) in [5.74, 6) is -0.537. The molecule has 0 amide bonds. The van der Waals surface area contributed by atoms with Gasteiger partial charge in [0.1, 0.15) is 12.7 Å². The summed E-state index contributed by atoms with van der Waals surface area (Å²) in [6.45, 7) is 0.00398. The molecular formula is C5H5NO3S. The summed E-state index contributed by atoms with van der Waals surface area (Å²) in [7, 11) is 0. The van der Waals surface area contributed by atoms with Gasteiger partial charge in [-0.05, 0) is 12.2 Å². The van der Waals surface area contributed by atoms with Gasteiger partial charge in [-0.25, -0.2) is 9.79 Å². The number of carbonyl (C=O) groups excluding carboxylic acids is 1. The summed E-state index contributed by atoms with van der Waals surface area (Å²) >= 11 is 4.26. The smallest absolute Gasteiger partial charge is 0.334 e. The normalized spacial score (nSPS) is 31.1. The van der Waals surface area contributed by atoms with Crippen molar-refractivity contribution in [3.05, 3.63) is 0 Å². The van der Waals surface area contributed by atoms with Crippen molar-refractivity contribution in [2.75, 3.05) is 6.61 Å². The average Bonchev–Trinajstić information content (AvgIpc) is 2.20. The van der Waals surface area contributed by atoms with E-state index in [1.807, 2.05) is 5.16 Å². The van der Waals surface area contributed by atoms with E-state index in [0.29, 0.717) is 0 Å². The number of cyclic esters (lactones) is 1. The highest BCUT2D eigenvalue weighted by Crippen LogP contribution is 2.09. The van der Waals surface area contributed by atoms with Gasteiger partial charge in [0.15, 0.2) is 6.04 Å². The van der Waals surface area contributed by atoms with E-state index in [2.05, 4.69) is 21.9 Å². The lowest BCUT2D eigenvalue weighted by Crippen LogP contribution is -2.24. The van der Waals surface area contributed by atoms with E-state index in [1.54, 1.807) is 0 Å². The minimum Gasteiger partial charge on any atom is -0.461 e. The Morgan fingerprint density at radius 1 is 1.90 bits per heavy atom. The van der Waals surface area contributed by atoms with Crippen LogP contribution in [0.5, 0.6) is 0 Å². The van der Waals surface area contributed by atoms with Gasteiger partial charge in [-0.1, -0.05) is 0 Å². The molecule has 54 valence electrons. The number of carbonyl (C=O) groups is 1. The lowest BCUT2D eigenvalue weighted by atomic mass is 10.2. The van der Waals surface area contributed by atoms with Crippen LogP contribution in [0.25, 0.3) is 0 Å². The Kier molecular flexibility index (Phi) is 2.11. The van der Waals surface area contributed by atoms with Crippen LogP contribution in [0.3, 0.4) is 0 Å². The van der Waals surface area contributed by atoms with Gasteiger partial charge in [0, 0.05) is 0 Å². The first-order valence-corrected chi connectivity index (χ1v) is 3.08. The second-order valence-electron chi connectivity index (χ2n) is 1.86. The SMILES string of the molecule is O=C1OCC(O)C1N=C=S. The summed E-state index contributed by atoms with van der Waals surface area (Å²) in [6, 6.07) is -0.850. The Morgan fingerprint density at radius 2 is 2.60 bits per heavy atom. The third-order valence-electron chi connectivity index (χ3n) is 1.19. The van der Waals surface area contributed by atoms with E-state index >= 15 is 0 Å². The Labute approximate surface area is 62.5 Å². The number of nitrogens with zero attached hydrogens (tertiary/aromatic N) is 1. The lowest BCUT2D eigenvalue weighted by Gasteiger charge is -1.98. The van der Waals surface area contributed by atoms with Crippen LogP contribution in [0.1, 0.15) is 0 Å². The van der Waals surface area contributed by atoms with E-state index in [9.17, 15) is 4.79 Å². The second-order valence-corrected chi connectivity index (χ2v) is 2.05. The largest absolute Gasteiger partial charge is 0.461 e. The summed E-state index contributed by atoms with van der Waals surface area (Å²) in [5, 5.41) is 11.0. The zero-order valence-electron chi connectivity index (χ0n) is 4.98. The molecule has 1 aliphatic heterocycles. The molecule has 0 aromatic rings. The van der Waals surface area contributed by atoms with Crippen molar-refractivity contribution in [1.29, 1.82) is 0 Å². The van der Waals surface area contributed by atoms with E-state index in [4.69, 9.17) is 5.11 Å². The third-order valence-corrected chi connectivity index (χ3v) is 1.30. The first-order valence-electron chi connectivity index (χ1n) is 2.67. The van der Waals surface area contributed by atoms with Gasteiger partial charge in [-0.3, -0.25) is 0 Å². The highest BCUT2D eigenvalue weighted by molar-refractivity contribution is 7.78. The van der Waals surface area contributed by atoms with Crippen LogP contribution in [0, 0.1) is 0 Å². The lowest BCUT2D eigenvalue weighted by molar-refractivity contribution is -0.138. The molecular weight excluding hydrogens is 154 g/mol. The fraction of sp³-hybridized carbons (Fsp3) is 0.600. The fourth-order valence-electron chi connectivity index (χ4n) is 0.697. The van der Waals surface area contributed by atoms with Crippen molar-refractivity contribution < 1.29 is 14.6 Å². The monoisotopic (exact) mass is 159 g/mol. The van der Waals surface area contributed by atoms with Crippen LogP contribution in [-0.4, -0.2) is 35.0 Å². The number of thiocarbonyl (C=S) groups is 1. The highest BCUT2D eigenvalue weighted by atomic mass is 32.1. The maximum Gasteiger partial charge on any atom is 0.334 e. The molecule has 1 aliphatic rings. The molecule has 2 atom stereocenters. The van der Waals surface area contributed by atoms with Crippen molar-refractivity contribution in [2.24, 2.45) is 4.99 Å². The van der Waals surface area contributed by atoms with Crippen LogP contribution in [0.2, 0.25) is 0 Å². The number of aliphatic imine (C=N–C) groups is 1. The first kappa shape index (κ1) is 7.34. The quantitative estimate of drug-likeness (QED) is 0.314. The first-order chi connectivity index (χ1) is 4.75. The van der Waals surface area contributed by atoms with Crippen LogP contribution in [0.4, 0.5) is 0 Å². The molecule has 1 heterocycles. The van der Waals surface area contributed by atoms with Gasteiger partial charge in [0.2, 0.25) is 0 Å². The van der Waals surface area contributed by atoms with Crippen molar-refractivity contribution in [3.8, 4) is 0 Å². The molecule has 10 heavy (non-hydrogen) atoms. The number of isothiocyanates is 1. The average molecular weight is 159 g/mol. The summed E-state index contributed by atoms with van der Waals surface area (Å²) < 4.78 is 4.46. The predicted molar refractivity (Wildman–Crippen MR) is 35.8 cm³/mol. The number of rotatable bonds is 1. The van der Waals surface area contributed by atoms with Crippen molar-refractivity contribution in [3.63, 3.8) is 0 Å². The van der Waals surface area contributed by atoms with Gasteiger partial charge >= 0.3 is 5.97 Å². The Hall–Kier alpha value is -0.770. The van der Waals surface area contributed by atoms with Gasteiger partial charge in [-0.2, -0.15) is 0 Å². The summed E-state index contributed by atoms with van der Waals surface area (Å²) in [6.07, 6.45) is -0.858. The molecule has 1 saturated heterocycles. The van der Waals surface area contributed by atoms with Crippen LogP contribution in [-0.2, 0) is 9.53 Å². The zero-order valence-corrected chi connectivity index (χ0v) is 5.80. The molecule has 5 heteroatoms. The van der Waals surface area contributed by atoms with Crippen LogP contribution in [0.15, 0.2) is 4.99 Å². The zero-order chi connectivity index (χ0) is 7.56. The molecule has 0 spiro atoms. The Morgan fingerprint density at radius 3 is 3.00 bits per heavy atom. The second kappa shape index (κ2) is 2.88. The van der Waals surface area contributed by atoms with Gasteiger partial charge in [0.05, 0.1) is 5.16 Å². The van der Waals surface area contributed by atoms with E-state index < -0.39 is 18.1 Å². The molecule has 0 radical (unpaired) electrons. The van der Waals surface area contributed by atoms with Gasteiger partial charge in [-0.15, -0.1) is 0 Å². The van der Waals surface area contributed by atoms with E-state index in [0.717, 1.165) is 0 Å². The van der Waals surface area contributed by atoms with Crippen LogP contribution >= 0.6 is 12.2 Å². The number of hydrogen-bond donors (Lipinski definition) is 1. The molecule has 1 fully saturated rings. The number of esters is 1. The van der Waals surface area contributed by atoms with E-state index in [-0.39, 0.29) is 6.61 Å². The van der Waals surface area contributed by atoms with E-state index in [1.165, 1.54) is 0 Å². The van der Waals surface area contributed by atoms with Crippen molar-refractivity contribution in [2.45, 2.75) is 12.1 Å². The fourth-order valence-corrected chi connectivity index (χ4v) is 0.810. The minimum absolute atomic E-state index is 0.00398. The molecule has 0 aromatic carbocycles. The molecule has 0 saturated carbocycles. The molecule has 1 rings (SSSR count). The number of aliphatic hydroxyl groups excluding tert-OH is 1. The molecule has 4 nitrogen and oxygen atoms in total. The van der Waals surface area contributed by atoms with Gasteiger partial charge < -0.3 is 9.84 Å². The Bertz CT molecular complexity index is 199. The molecule has 0 aromatic heterocycles. The molecule has 2 unspecified atom stereocenters. The number of aliphatic hydroxyl groups is 1. The summed E-state index contributed by atoms with van der Waals surface area (Å²) in [4.78, 5) is 14.0. The minimum atomic E-state index is -0.858. The Balaban J connectivity index is 2.71. The maximum atomic E-state index is 10.6. The van der Waals surface area contributed by atoms with Crippen LogP contribution < -0.4 is 0 Å². The van der Waals surface area contributed by atoms with Gasteiger partial charge in [0.25, 0.3) is 0 Å². The molecule has 1 N–H and O–H groups in total. The maximum absolute atomic E-state index is 10.6. The molecule has 0 aliphatic carbocycles.